The maximum atomic E-state index is 12.4. The maximum Gasteiger partial charge on any atom is 0.244 e. The Labute approximate surface area is 147 Å². The molecule has 126 valence electrons. The Balaban J connectivity index is 2.25. The number of halogens is 1. The number of amides is 2. The predicted molar refractivity (Wildman–Crippen MR) is 98.8 cm³/mol. The minimum Gasteiger partial charge on any atom is -0.323 e. The number of carbonyl (C=O) groups excluding carboxylic acids is 2. The van der Waals surface area contributed by atoms with Gasteiger partial charge in [-0.05, 0) is 44.0 Å². The molecule has 0 unspecified atom stereocenters. The Kier molecular flexibility index (Phi) is 5.62. The monoisotopic (exact) mass is 344 g/mol. The van der Waals surface area contributed by atoms with E-state index in [-0.39, 0.29) is 18.4 Å². The Morgan fingerprint density at radius 2 is 1.67 bits per heavy atom. The summed E-state index contributed by atoms with van der Waals surface area (Å²) in [6, 6.07) is 11.0. The van der Waals surface area contributed by atoms with E-state index >= 15 is 0 Å². The second kappa shape index (κ2) is 7.49. The molecule has 0 radical (unpaired) electrons. The predicted octanol–water partition coefficient (Wildman–Crippen LogP) is 4.26. The lowest BCUT2D eigenvalue weighted by molar-refractivity contribution is -0.120. The Morgan fingerprint density at radius 1 is 1.08 bits per heavy atom. The first-order valence-electron chi connectivity index (χ1n) is 7.70. The largest absolute Gasteiger partial charge is 0.323 e. The van der Waals surface area contributed by atoms with Gasteiger partial charge in [-0.3, -0.25) is 9.59 Å². The molecule has 0 atom stereocenters. The molecule has 24 heavy (non-hydrogen) atoms. The van der Waals surface area contributed by atoms with Gasteiger partial charge in [0.25, 0.3) is 0 Å². The van der Waals surface area contributed by atoms with Crippen molar-refractivity contribution in [2.45, 2.75) is 27.7 Å². The van der Waals surface area contributed by atoms with Crippen molar-refractivity contribution in [2.24, 2.45) is 0 Å². The van der Waals surface area contributed by atoms with Crippen molar-refractivity contribution >= 4 is 34.8 Å². The van der Waals surface area contributed by atoms with Crippen molar-refractivity contribution in [2.75, 3.05) is 16.8 Å². The number of nitrogens with one attached hydrogen (secondary N) is 1. The van der Waals surface area contributed by atoms with Crippen molar-refractivity contribution in [1.29, 1.82) is 0 Å². The first-order chi connectivity index (χ1) is 11.3. The molecule has 2 aromatic carbocycles. The first kappa shape index (κ1) is 18.0. The molecule has 0 aliphatic rings. The van der Waals surface area contributed by atoms with Crippen molar-refractivity contribution in [3.63, 3.8) is 0 Å². The molecule has 0 fully saturated rings. The zero-order valence-corrected chi connectivity index (χ0v) is 15.1. The van der Waals surface area contributed by atoms with E-state index in [2.05, 4.69) is 5.32 Å². The van der Waals surface area contributed by atoms with Gasteiger partial charge in [0, 0.05) is 6.92 Å². The van der Waals surface area contributed by atoms with Gasteiger partial charge in [0.1, 0.15) is 6.54 Å². The molecule has 2 aromatic rings. The van der Waals surface area contributed by atoms with Crippen molar-refractivity contribution in [3.05, 3.63) is 58.1 Å². The fourth-order valence-corrected chi connectivity index (χ4v) is 3.02. The van der Waals surface area contributed by atoms with E-state index in [1.165, 1.54) is 11.8 Å². The summed E-state index contributed by atoms with van der Waals surface area (Å²) in [7, 11) is 0. The van der Waals surface area contributed by atoms with Crippen LogP contribution in [0, 0.1) is 20.8 Å². The lowest BCUT2D eigenvalue weighted by Crippen LogP contribution is -2.37. The number of nitrogens with zero attached hydrogens (tertiary/aromatic N) is 1. The molecule has 2 amide bonds. The molecular formula is C19H21ClN2O2. The van der Waals surface area contributed by atoms with Gasteiger partial charge in [0.05, 0.1) is 16.4 Å². The average molecular weight is 345 g/mol. The Bertz CT molecular complexity index is 764. The summed E-state index contributed by atoms with van der Waals surface area (Å²) < 4.78 is 0. The van der Waals surface area contributed by atoms with Crippen molar-refractivity contribution < 1.29 is 9.59 Å². The second-order valence-electron chi connectivity index (χ2n) is 5.88. The molecule has 0 bridgehead atoms. The molecule has 0 spiro atoms. The number of benzene rings is 2. The fraction of sp³-hybridized carbons (Fsp3) is 0.263. The Hall–Kier alpha value is -2.33. The van der Waals surface area contributed by atoms with E-state index in [0.717, 1.165) is 22.4 Å². The van der Waals surface area contributed by atoms with Crippen molar-refractivity contribution in [3.8, 4) is 0 Å². The molecule has 0 aliphatic heterocycles. The zero-order valence-electron chi connectivity index (χ0n) is 14.3. The van der Waals surface area contributed by atoms with E-state index < -0.39 is 0 Å². The van der Waals surface area contributed by atoms with Crippen LogP contribution < -0.4 is 10.2 Å². The average Bonchev–Trinajstić information content (AvgIpc) is 2.47. The highest BCUT2D eigenvalue weighted by Crippen LogP contribution is 2.27. The van der Waals surface area contributed by atoms with Gasteiger partial charge in [-0.15, -0.1) is 0 Å². The molecule has 2 rings (SSSR count). The second-order valence-corrected chi connectivity index (χ2v) is 6.29. The number of carbonyl (C=O) groups is 2. The van der Waals surface area contributed by atoms with Crippen LogP contribution in [0.2, 0.25) is 5.02 Å². The summed E-state index contributed by atoms with van der Waals surface area (Å²) in [5.41, 5.74) is 4.37. The van der Waals surface area contributed by atoms with E-state index in [4.69, 9.17) is 11.6 Å². The summed E-state index contributed by atoms with van der Waals surface area (Å²) in [6.45, 7) is 7.29. The van der Waals surface area contributed by atoms with Crippen LogP contribution in [0.3, 0.4) is 0 Å². The minimum atomic E-state index is -0.294. The summed E-state index contributed by atoms with van der Waals surface area (Å²) in [6.07, 6.45) is 0. The molecule has 1 N–H and O–H groups in total. The Morgan fingerprint density at radius 3 is 2.21 bits per heavy atom. The minimum absolute atomic E-state index is 0.0642. The van der Waals surface area contributed by atoms with Crippen molar-refractivity contribution in [1.82, 2.24) is 0 Å². The lowest BCUT2D eigenvalue weighted by atomic mass is 10.0. The van der Waals surface area contributed by atoms with E-state index in [9.17, 15) is 9.59 Å². The number of hydrogen-bond donors (Lipinski definition) is 1. The lowest BCUT2D eigenvalue weighted by Gasteiger charge is -2.25. The molecule has 0 saturated heterocycles. The van der Waals surface area contributed by atoms with Crippen LogP contribution in [0.25, 0.3) is 0 Å². The zero-order chi connectivity index (χ0) is 17.9. The van der Waals surface area contributed by atoms with Crippen LogP contribution in [-0.4, -0.2) is 18.4 Å². The van der Waals surface area contributed by atoms with Gasteiger partial charge in [-0.1, -0.05) is 41.4 Å². The molecule has 0 saturated carbocycles. The summed E-state index contributed by atoms with van der Waals surface area (Å²) >= 11 is 6.06. The van der Waals surface area contributed by atoms with Crippen LogP contribution in [0.1, 0.15) is 23.6 Å². The summed E-state index contributed by atoms with van der Waals surface area (Å²) in [4.78, 5) is 26.0. The number of aryl methyl sites for hydroxylation is 3. The topological polar surface area (TPSA) is 49.4 Å². The fourth-order valence-electron chi connectivity index (χ4n) is 2.84. The van der Waals surface area contributed by atoms with Gasteiger partial charge in [0.15, 0.2) is 0 Å². The van der Waals surface area contributed by atoms with Gasteiger partial charge < -0.3 is 10.2 Å². The number of hydrogen-bond acceptors (Lipinski definition) is 2. The van der Waals surface area contributed by atoms with Gasteiger partial charge >= 0.3 is 0 Å². The van der Waals surface area contributed by atoms with Gasteiger partial charge in [-0.2, -0.15) is 0 Å². The van der Waals surface area contributed by atoms with Gasteiger partial charge in [0.2, 0.25) is 11.8 Å². The highest BCUT2D eigenvalue weighted by molar-refractivity contribution is 6.33. The third-order valence-corrected chi connectivity index (χ3v) is 4.06. The quantitative estimate of drug-likeness (QED) is 0.901. The summed E-state index contributed by atoms with van der Waals surface area (Å²) in [5, 5.41) is 3.21. The number of anilines is 2. The third-order valence-electron chi connectivity index (χ3n) is 3.74. The van der Waals surface area contributed by atoms with E-state index in [1.807, 2.05) is 32.9 Å². The molecule has 0 heterocycles. The van der Waals surface area contributed by atoms with Crippen LogP contribution in [0.4, 0.5) is 11.4 Å². The smallest absolute Gasteiger partial charge is 0.244 e. The molecular weight excluding hydrogens is 324 g/mol. The molecule has 0 aromatic heterocycles. The first-order valence-corrected chi connectivity index (χ1v) is 8.07. The highest BCUT2D eigenvalue weighted by atomic mass is 35.5. The van der Waals surface area contributed by atoms with Crippen LogP contribution >= 0.6 is 11.6 Å². The van der Waals surface area contributed by atoms with E-state index in [0.29, 0.717) is 10.7 Å². The maximum absolute atomic E-state index is 12.4. The highest BCUT2D eigenvalue weighted by Gasteiger charge is 2.20. The SMILES string of the molecule is CC(=O)N(CC(=O)Nc1ccccc1Cl)c1c(C)cc(C)cc1C. The van der Waals surface area contributed by atoms with Crippen LogP contribution in [-0.2, 0) is 9.59 Å². The molecule has 0 aliphatic carbocycles. The third kappa shape index (κ3) is 4.15. The molecule has 5 heteroatoms. The van der Waals surface area contributed by atoms with Crippen LogP contribution in [0.5, 0.6) is 0 Å². The molecule has 4 nitrogen and oxygen atoms in total. The number of para-hydroxylation sites is 1. The number of rotatable bonds is 4. The van der Waals surface area contributed by atoms with Crippen LogP contribution in [0.15, 0.2) is 36.4 Å². The summed E-state index contributed by atoms with van der Waals surface area (Å²) in [5.74, 6) is -0.475. The van der Waals surface area contributed by atoms with Gasteiger partial charge in [-0.25, -0.2) is 0 Å². The van der Waals surface area contributed by atoms with E-state index in [1.54, 1.807) is 24.3 Å². The standard InChI is InChI=1S/C19H21ClN2O2/c1-12-9-13(2)19(14(3)10-12)22(15(4)23)11-18(24)21-17-8-6-5-7-16(17)20/h5-10H,11H2,1-4H3,(H,21,24). The normalized spacial score (nSPS) is 10.4.